The SMILES string of the molecule is Cc1cccc(C)c1NC(=O)CN1CCN(C(=O)[C@@H]2CC[C@H](CN)O2)CC1.Cl.Cl. The Morgan fingerprint density at radius 3 is 2.28 bits per heavy atom. The first-order chi connectivity index (χ1) is 13.0. The zero-order valence-electron chi connectivity index (χ0n) is 17.1. The van der Waals surface area contributed by atoms with Crippen molar-refractivity contribution in [3.8, 4) is 0 Å². The summed E-state index contributed by atoms with van der Waals surface area (Å²) in [5.41, 5.74) is 8.63. The molecule has 164 valence electrons. The topological polar surface area (TPSA) is 87.9 Å². The monoisotopic (exact) mass is 446 g/mol. The van der Waals surface area contributed by atoms with E-state index in [0.29, 0.717) is 39.3 Å². The Kier molecular flexibility index (Phi) is 10.4. The van der Waals surface area contributed by atoms with Gasteiger partial charge in [-0.15, -0.1) is 24.8 Å². The fraction of sp³-hybridized carbons (Fsp3) is 0.600. The molecular weight excluding hydrogens is 415 g/mol. The fourth-order valence-electron chi connectivity index (χ4n) is 3.78. The first-order valence-corrected chi connectivity index (χ1v) is 9.70. The van der Waals surface area contributed by atoms with Crippen molar-refractivity contribution in [2.45, 2.75) is 38.9 Å². The average Bonchev–Trinajstić information content (AvgIpc) is 3.14. The molecule has 0 spiro atoms. The van der Waals surface area contributed by atoms with Crippen LogP contribution < -0.4 is 11.1 Å². The third-order valence-electron chi connectivity index (χ3n) is 5.44. The Labute approximate surface area is 185 Å². The van der Waals surface area contributed by atoms with Gasteiger partial charge in [0.05, 0.1) is 12.6 Å². The van der Waals surface area contributed by atoms with Gasteiger partial charge in [0.1, 0.15) is 6.10 Å². The number of nitrogens with one attached hydrogen (secondary N) is 1. The van der Waals surface area contributed by atoms with Crippen LogP contribution in [0.25, 0.3) is 0 Å². The quantitative estimate of drug-likeness (QED) is 0.718. The third kappa shape index (κ3) is 6.55. The highest BCUT2D eigenvalue weighted by atomic mass is 35.5. The van der Waals surface area contributed by atoms with E-state index in [1.165, 1.54) is 0 Å². The van der Waals surface area contributed by atoms with E-state index in [1.807, 2.05) is 36.9 Å². The number of aryl methyl sites for hydroxylation is 2. The molecule has 7 nitrogen and oxygen atoms in total. The lowest BCUT2D eigenvalue weighted by Crippen LogP contribution is -2.52. The zero-order chi connectivity index (χ0) is 19.4. The van der Waals surface area contributed by atoms with Crippen LogP contribution in [0.3, 0.4) is 0 Å². The van der Waals surface area contributed by atoms with E-state index in [4.69, 9.17) is 10.5 Å². The molecule has 0 bridgehead atoms. The van der Waals surface area contributed by atoms with Crippen LogP contribution in [-0.2, 0) is 14.3 Å². The molecule has 9 heteroatoms. The fourth-order valence-corrected chi connectivity index (χ4v) is 3.78. The molecule has 3 N–H and O–H groups in total. The summed E-state index contributed by atoms with van der Waals surface area (Å²) in [5, 5.41) is 3.02. The third-order valence-corrected chi connectivity index (χ3v) is 5.44. The second-order valence-corrected chi connectivity index (χ2v) is 7.48. The predicted molar refractivity (Wildman–Crippen MR) is 119 cm³/mol. The molecule has 2 aliphatic rings. The van der Waals surface area contributed by atoms with Crippen LogP contribution >= 0.6 is 24.8 Å². The zero-order valence-corrected chi connectivity index (χ0v) is 18.7. The molecule has 2 heterocycles. The molecular formula is C20H32Cl2N4O3. The van der Waals surface area contributed by atoms with Crippen molar-refractivity contribution in [3.63, 3.8) is 0 Å². The number of hydrogen-bond acceptors (Lipinski definition) is 5. The molecule has 0 unspecified atom stereocenters. The number of halogens is 2. The van der Waals surface area contributed by atoms with Crippen molar-refractivity contribution in [3.05, 3.63) is 29.3 Å². The van der Waals surface area contributed by atoms with Gasteiger partial charge in [0, 0.05) is 38.4 Å². The molecule has 0 aromatic heterocycles. The van der Waals surface area contributed by atoms with Crippen molar-refractivity contribution in [1.82, 2.24) is 9.80 Å². The van der Waals surface area contributed by atoms with Gasteiger partial charge in [-0.3, -0.25) is 14.5 Å². The van der Waals surface area contributed by atoms with Gasteiger partial charge in [-0.05, 0) is 37.8 Å². The number of rotatable bonds is 5. The summed E-state index contributed by atoms with van der Waals surface area (Å²) in [6, 6.07) is 5.97. The number of hydrogen-bond donors (Lipinski definition) is 2. The maximum Gasteiger partial charge on any atom is 0.251 e. The van der Waals surface area contributed by atoms with E-state index < -0.39 is 0 Å². The minimum absolute atomic E-state index is 0. The van der Waals surface area contributed by atoms with Crippen LogP contribution in [0.5, 0.6) is 0 Å². The molecule has 2 aliphatic heterocycles. The highest BCUT2D eigenvalue weighted by Gasteiger charge is 2.34. The number of anilines is 1. The molecule has 1 aromatic carbocycles. The van der Waals surface area contributed by atoms with Crippen molar-refractivity contribution in [2.75, 3.05) is 44.6 Å². The lowest BCUT2D eigenvalue weighted by molar-refractivity contribution is -0.144. The molecule has 0 radical (unpaired) electrons. The summed E-state index contributed by atoms with van der Waals surface area (Å²) in [7, 11) is 0. The standard InChI is InChI=1S/C20H30N4O3.2ClH/c1-14-4-3-5-15(2)19(14)22-18(25)13-23-8-10-24(11-9-23)20(26)17-7-6-16(12-21)27-17;;/h3-5,16-17H,6-13,21H2,1-2H3,(H,22,25);2*1H/t16-,17+;;/m1../s1. The van der Waals surface area contributed by atoms with Gasteiger partial charge >= 0.3 is 0 Å². The van der Waals surface area contributed by atoms with Crippen molar-refractivity contribution in [2.24, 2.45) is 5.73 Å². The number of nitrogens with two attached hydrogens (primary N) is 1. The van der Waals surface area contributed by atoms with Crippen LogP contribution in [-0.4, -0.2) is 73.1 Å². The number of carbonyl (C=O) groups is 2. The number of nitrogens with zero attached hydrogens (tertiary/aromatic N) is 2. The molecule has 0 saturated carbocycles. The minimum atomic E-state index is -0.350. The van der Waals surface area contributed by atoms with E-state index in [9.17, 15) is 9.59 Å². The molecule has 2 saturated heterocycles. The molecule has 1 aromatic rings. The van der Waals surface area contributed by atoms with Crippen molar-refractivity contribution < 1.29 is 14.3 Å². The number of piperazine rings is 1. The van der Waals surface area contributed by atoms with Crippen LogP contribution in [0.4, 0.5) is 5.69 Å². The summed E-state index contributed by atoms with van der Waals surface area (Å²) in [5.74, 6) is 0.0441. The highest BCUT2D eigenvalue weighted by molar-refractivity contribution is 5.93. The van der Waals surface area contributed by atoms with Gasteiger partial charge in [0.15, 0.2) is 0 Å². The molecule has 0 aliphatic carbocycles. The number of ether oxygens (including phenoxy) is 1. The number of amides is 2. The van der Waals surface area contributed by atoms with Gasteiger partial charge in [-0.1, -0.05) is 18.2 Å². The van der Waals surface area contributed by atoms with Gasteiger partial charge in [0.25, 0.3) is 5.91 Å². The Morgan fingerprint density at radius 2 is 1.72 bits per heavy atom. The maximum absolute atomic E-state index is 12.6. The summed E-state index contributed by atoms with van der Waals surface area (Å²) in [6.45, 7) is 7.43. The number of carbonyl (C=O) groups excluding carboxylic acids is 2. The summed E-state index contributed by atoms with van der Waals surface area (Å²) in [6.07, 6.45) is 1.26. The normalized spacial score (nSPS) is 21.8. The minimum Gasteiger partial charge on any atom is -0.364 e. The Bertz CT molecular complexity index is 676. The number of para-hydroxylation sites is 1. The summed E-state index contributed by atoms with van der Waals surface area (Å²) < 4.78 is 5.71. The predicted octanol–water partition coefficient (Wildman–Crippen LogP) is 1.74. The Hall–Kier alpha value is -1.38. The Balaban J connectivity index is 0.00000210. The second-order valence-electron chi connectivity index (χ2n) is 7.48. The molecule has 29 heavy (non-hydrogen) atoms. The van der Waals surface area contributed by atoms with Crippen LogP contribution in [0.2, 0.25) is 0 Å². The summed E-state index contributed by atoms with van der Waals surface area (Å²) >= 11 is 0. The Morgan fingerprint density at radius 1 is 1.10 bits per heavy atom. The van der Waals surface area contributed by atoms with Crippen LogP contribution in [0.1, 0.15) is 24.0 Å². The van der Waals surface area contributed by atoms with Crippen LogP contribution in [0.15, 0.2) is 18.2 Å². The van der Waals surface area contributed by atoms with Gasteiger partial charge in [-0.25, -0.2) is 0 Å². The van der Waals surface area contributed by atoms with Gasteiger partial charge < -0.3 is 20.7 Å². The van der Waals surface area contributed by atoms with Crippen molar-refractivity contribution >= 4 is 42.3 Å². The maximum atomic E-state index is 12.6. The van der Waals surface area contributed by atoms with E-state index in [2.05, 4.69) is 10.2 Å². The van der Waals surface area contributed by atoms with Crippen molar-refractivity contribution in [1.29, 1.82) is 0 Å². The van der Waals surface area contributed by atoms with E-state index >= 15 is 0 Å². The van der Waals surface area contributed by atoms with Gasteiger partial charge in [-0.2, -0.15) is 0 Å². The number of benzene rings is 1. The van der Waals surface area contributed by atoms with E-state index in [-0.39, 0.29) is 48.8 Å². The van der Waals surface area contributed by atoms with Crippen LogP contribution in [0, 0.1) is 13.8 Å². The molecule has 2 fully saturated rings. The first kappa shape index (κ1) is 25.7. The van der Waals surface area contributed by atoms with E-state index in [1.54, 1.807) is 0 Å². The molecule has 2 amide bonds. The lowest BCUT2D eigenvalue weighted by Gasteiger charge is -2.35. The smallest absolute Gasteiger partial charge is 0.251 e. The lowest BCUT2D eigenvalue weighted by atomic mass is 10.1. The average molecular weight is 447 g/mol. The first-order valence-electron chi connectivity index (χ1n) is 9.70. The van der Waals surface area contributed by atoms with E-state index in [0.717, 1.165) is 29.7 Å². The molecule has 2 atom stereocenters. The highest BCUT2D eigenvalue weighted by Crippen LogP contribution is 2.22. The summed E-state index contributed by atoms with van der Waals surface area (Å²) in [4.78, 5) is 28.9. The largest absolute Gasteiger partial charge is 0.364 e. The molecule has 3 rings (SSSR count). The second kappa shape index (κ2) is 11.7. The van der Waals surface area contributed by atoms with Gasteiger partial charge in [0.2, 0.25) is 5.91 Å².